The fourth-order valence-electron chi connectivity index (χ4n) is 5.23. The zero-order chi connectivity index (χ0) is 26.4. The zero-order valence-corrected chi connectivity index (χ0v) is 21.9. The summed E-state index contributed by atoms with van der Waals surface area (Å²) in [7, 11) is -6.41. The Morgan fingerprint density at radius 1 is 0.838 bits per heavy atom. The number of likely N-dealkylation sites (tertiary alicyclic amines) is 1. The van der Waals surface area contributed by atoms with Gasteiger partial charge in [0, 0.05) is 60.5 Å². The molecule has 0 N–H and O–H groups in total. The van der Waals surface area contributed by atoms with Gasteiger partial charge in [0.2, 0.25) is 0 Å². The van der Waals surface area contributed by atoms with Crippen molar-refractivity contribution in [1.82, 2.24) is 9.80 Å². The standard InChI is InChI=1S/C26H28N2O7S2/c29-24-20-3-1-2-4-21(20)25(30)23-17-18(5-6-22(23)24)26(31)28-9-7-19(8-10-28)37(34,35)16-13-27-11-14-36(32,33)15-12-27/h1-6,17,19H,7-16H2. The number of fused-ring (bicyclic) bond motifs is 2. The van der Waals surface area contributed by atoms with Crippen molar-refractivity contribution in [2.45, 2.75) is 18.1 Å². The lowest BCUT2D eigenvalue weighted by Crippen LogP contribution is -2.45. The van der Waals surface area contributed by atoms with Crippen molar-refractivity contribution >= 4 is 37.1 Å². The number of benzene rings is 2. The van der Waals surface area contributed by atoms with Crippen molar-refractivity contribution < 1.29 is 31.2 Å². The average Bonchev–Trinajstić information content (AvgIpc) is 2.90. The lowest BCUT2D eigenvalue weighted by atomic mass is 9.83. The van der Waals surface area contributed by atoms with Crippen molar-refractivity contribution in [2.75, 3.05) is 50.0 Å². The van der Waals surface area contributed by atoms with E-state index in [1.54, 1.807) is 35.2 Å². The third kappa shape index (κ3) is 5.12. The molecule has 196 valence electrons. The minimum absolute atomic E-state index is 0.0336. The van der Waals surface area contributed by atoms with E-state index < -0.39 is 24.9 Å². The fourth-order valence-corrected chi connectivity index (χ4v) is 8.28. The van der Waals surface area contributed by atoms with Crippen molar-refractivity contribution in [3.63, 3.8) is 0 Å². The summed E-state index contributed by atoms with van der Waals surface area (Å²) in [6, 6.07) is 11.1. The molecule has 1 aliphatic carbocycles. The van der Waals surface area contributed by atoms with E-state index in [4.69, 9.17) is 0 Å². The van der Waals surface area contributed by atoms with E-state index in [0.717, 1.165) is 0 Å². The first-order chi connectivity index (χ1) is 17.6. The molecule has 0 aromatic heterocycles. The first kappa shape index (κ1) is 25.7. The molecule has 9 nitrogen and oxygen atoms in total. The van der Waals surface area contributed by atoms with E-state index in [1.807, 2.05) is 4.90 Å². The maximum absolute atomic E-state index is 13.2. The zero-order valence-electron chi connectivity index (χ0n) is 20.3. The lowest BCUT2D eigenvalue weighted by Gasteiger charge is -2.33. The number of piperidine rings is 1. The Morgan fingerprint density at radius 2 is 1.41 bits per heavy atom. The van der Waals surface area contributed by atoms with Crippen LogP contribution >= 0.6 is 0 Å². The third-order valence-corrected chi connectivity index (χ3v) is 11.4. The van der Waals surface area contributed by atoms with Gasteiger partial charge in [-0.15, -0.1) is 0 Å². The van der Waals surface area contributed by atoms with Gasteiger partial charge in [-0.2, -0.15) is 0 Å². The number of hydrogen-bond acceptors (Lipinski definition) is 8. The van der Waals surface area contributed by atoms with Crippen LogP contribution < -0.4 is 0 Å². The molecule has 2 aliphatic heterocycles. The van der Waals surface area contributed by atoms with Crippen LogP contribution in [0.3, 0.4) is 0 Å². The highest BCUT2D eigenvalue weighted by molar-refractivity contribution is 7.92. The van der Waals surface area contributed by atoms with Crippen LogP contribution in [0.25, 0.3) is 0 Å². The molecule has 2 heterocycles. The second-order valence-corrected chi connectivity index (χ2v) is 14.5. The minimum atomic E-state index is -3.39. The molecule has 3 aliphatic rings. The summed E-state index contributed by atoms with van der Waals surface area (Å²) in [6.07, 6.45) is 0.635. The molecule has 0 saturated carbocycles. The summed E-state index contributed by atoms with van der Waals surface area (Å²) in [5.74, 6) is -0.760. The van der Waals surface area contributed by atoms with Crippen LogP contribution in [-0.2, 0) is 19.7 Å². The van der Waals surface area contributed by atoms with E-state index in [9.17, 15) is 31.2 Å². The van der Waals surface area contributed by atoms with Gasteiger partial charge in [0.05, 0.1) is 22.5 Å². The van der Waals surface area contributed by atoms with E-state index in [-0.39, 0.29) is 58.9 Å². The molecule has 1 amide bonds. The molecule has 2 aromatic rings. The van der Waals surface area contributed by atoms with Gasteiger partial charge in [0.15, 0.2) is 31.2 Å². The van der Waals surface area contributed by atoms with Crippen LogP contribution in [0.2, 0.25) is 0 Å². The summed E-state index contributed by atoms with van der Waals surface area (Å²) in [6.45, 7) is 1.56. The number of carbonyl (C=O) groups excluding carboxylic acids is 3. The topological polar surface area (TPSA) is 126 Å². The third-order valence-electron chi connectivity index (χ3n) is 7.54. The van der Waals surface area contributed by atoms with Gasteiger partial charge in [-0.1, -0.05) is 24.3 Å². The normalized spacial score (nSPS) is 20.4. The first-order valence-electron chi connectivity index (χ1n) is 12.3. The molecular formula is C26H28N2O7S2. The van der Waals surface area contributed by atoms with E-state index in [0.29, 0.717) is 49.2 Å². The number of rotatable bonds is 5. The molecule has 11 heteroatoms. The lowest BCUT2D eigenvalue weighted by molar-refractivity contribution is 0.0725. The number of amides is 1. The Morgan fingerprint density at radius 3 is 2.03 bits per heavy atom. The molecule has 2 saturated heterocycles. The smallest absolute Gasteiger partial charge is 0.253 e. The second-order valence-electron chi connectivity index (χ2n) is 9.82. The SMILES string of the molecule is O=C1c2ccccc2C(=O)c2cc(C(=O)N3CCC(S(=O)(=O)CCN4CCS(=O)(=O)CC4)CC3)ccc21. The summed E-state index contributed by atoms with van der Waals surface area (Å²) >= 11 is 0. The Hall–Kier alpha value is -2.89. The van der Waals surface area contributed by atoms with Gasteiger partial charge >= 0.3 is 0 Å². The number of nitrogens with zero attached hydrogens (tertiary/aromatic N) is 2. The number of ketones is 2. The summed E-state index contributed by atoms with van der Waals surface area (Å²) in [4.78, 5) is 42.5. The van der Waals surface area contributed by atoms with Crippen LogP contribution in [-0.4, -0.2) is 99.3 Å². The number of sulfone groups is 2. The van der Waals surface area contributed by atoms with Crippen LogP contribution in [0.1, 0.15) is 55.0 Å². The van der Waals surface area contributed by atoms with Crippen LogP contribution in [0.4, 0.5) is 0 Å². The Labute approximate surface area is 216 Å². The number of hydrogen-bond donors (Lipinski definition) is 0. The van der Waals surface area contributed by atoms with Crippen molar-refractivity contribution in [3.8, 4) is 0 Å². The van der Waals surface area contributed by atoms with Crippen molar-refractivity contribution in [1.29, 1.82) is 0 Å². The van der Waals surface area contributed by atoms with Crippen LogP contribution in [0.5, 0.6) is 0 Å². The maximum atomic E-state index is 13.2. The Kier molecular flexibility index (Phi) is 6.80. The largest absolute Gasteiger partial charge is 0.339 e. The average molecular weight is 545 g/mol. The Bertz CT molecular complexity index is 1480. The van der Waals surface area contributed by atoms with E-state index >= 15 is 0 Å². The summed E-state index contributed by atoms with van der Waals surface area (Å²) < 4.78 is 49.0. The molecule has 0 bridgehead atoms. The molecule has 0 spiro atoms. The van der Waals surface area contributed by atoms with E-state index in [1.165, 1.54) is 12.1 Å². The first-order valence-corrected chi connectivity index (χ1v) is 15.9. The molecule has 0 atom stereocenters. The summed E-state index contributed by atoms with van der Waals surface area (Å²) in [5.41, 5.74) is 1.45. The highest BCUT2D eigenvalue weighted by atomic mass is 32.2. The predicted octanol–water partition coefficient (Wildman–Crippen LogP) is 1.21. The van der Waals surface area contributed by atoms with Crippen LogP contribution in [0.15, 0.2) is 42.5 Å². The highest BCUT2D eigenvalue weighted by Gasteiger charge is 2.34. The molecule has 0 radical (unpaired) electrons. The second kappa shape index (κ2) is 9.77. The monoisotopic (exact) mass is 544 g/mol. The fraction of sp³-hybridized carbons (Fsp3) is 0.423. The predicted molar refractivity (Wildman–Crippen MR) is 138 cm³/mol. The molecular weight excluding hydrogens is 516 g/mol. The van der Waals surface area contributed by atoms with Gasteiger partial charge in [-0.05, 0) is 31.0 Å². The molecule has 5 rings (SSSR count). The van der Waals surface area contributed by atoms with Gasteiger partial charge in [0.25, 0.3) is 5.91 Å². The highest BCUT2D eigenvalue weighted by Crippen LogP contribution is 2.29. The van der Waals surface area contributed by atoms with E-state index in [2.05, 4.69) is 0 Å². The quantitative estimate of drug-likeness (QED) is 0.469. The van der Waals surface area contributed by atoms with Crippen molar-refractivity contribution in [2.24, 2.45) is 0 Å². The molecule has 37 heavy (non-hydrogen) atoms. The van der Waals surface area contributed by atoms with Gasteiger partial charge in [-0.3, -0.25) is 14.4 Å². The van der Waals surface area contributed by atoms with Crippen LogP contribution in [0, 0.1) is 0 Å². The molecule has 2 aromatic carbocycles. The Balaban J connectivity index is 1.21. The minimum Gasteiger partial charge on any atom is -0.339 e. The summed E-state index contributed by atoms with van der Waals surface area (Å²) in [5, 5.41) is -0.552. The van der Waals surface area contributed by atoms with Gasteiger partial charge < -0.3 is 9.80 Å². The van der Waals surface area contributed by atoms with Crippen molar-refractivity contribution in [3.05, 3.63) is 70.3 Å². The van der Waals surface area contributed by atoms with Gasteiger partial charge in [-0.25, -0.2) is 16.8 Å². The molecule has 0 unspecified atom stereocenters. The van der Waals surface area contributed by atoms with Gasteiger partial charge in [0.1, 0.15) is 0 Å². The molecule has 2 fully saturated rings. The number of carbonyl (C=O) groups is 3. The maximum Gasteiger partial charge on any atom is 0.253 e.